The van der Waals surface area contributed by atoms with Gasteiger partial charge in [-0.25, -0.2) is 0 Å². The second kappa shape index (κ2) is 12.6. The van der Waals surface area contributed by atoms with Crippen molar-refractivity contribution in [3.05, 3.63) is 35.4 Å². The van der Waals surface area contributed by atoms with Crippen molar-refractivity contribution in [2.24, 2.45) is 17.6 Å². The number of nitrogens with one attached hydrogen (secondary N) is 1. The molecule has 0 radical (unpaired) electrons. The van der Waals surface area contributed by atoms with Crippen LogP contribution in [0.3, 0.4) is 0 Å². The molecule has 0 spiro atoms. The smallest absolute Gasteiger partial charge is 0.220 e. The second-order valence-electron chi connectivity index (χ2n) is 7.70. The summed E-state index contributed by atoms with van der Waals surface area (Å²) in [5, 5.41) is 3.04. The first-order valence-corrected chi connectivity index (χ1v) is 9.25. The van der Waals surface area contributed by atoms with Crippen LogP contribution < -0.4 is 11.1 Å². The SMILES string of the molecule is CC(N)CCC(=O)NCc1ccccc1CN1CC(C)CC(C)C1.Cl.Cl. The van der Waals surface area contributed by atoms with E-state index in [0.29, 0.717) is 13.0 Å². The lowest BCUT2D eigenvalue weighted by Gasteiger charge is -2.35. The molecule has 0 aromatic heterocycles. The van der Waals surface area contributed by atoms with Gasteiger partial charge in [-0.1, -0.05) is 38.1 Å². The molecule has 150 valence electrons. The van der Waals surface area contributed by atoms with Gasteiger partial charge in [0.25, 0.3) is 0 Å². The molecule has 1 amide bonds. The van der Waals surface area contributed by atoms with Crippen LogP contribution in [-0.2, 0) is 17.9 Å². The van der Waals surface area contributed by atoms with Crippen molar-refractivity contribution in [1.29, 1.82) is 0 Å². The van der Waals surface area contributed by atoms with Crippen LogP contribution in [0.25, 0.3) is 0 Å². The van der Waals surface area contributed by atoms with Crippen molar-refractivity contribution in [3.63, 3.8) is 0 Å². The van der Waals surface area contributed by atoms with Gasteiger partial charge in [-0.05, 0) is 42.7 Å². The van der Waals surface area contributed by atoms with Crippen molar-refractivity contribution < 1.29 is 4.79 Å². The highest BCUT2D eigenvalue weighted by Crippen LogP contribution is 2.23. The fourth-order valence-electron chi connectivity index (χ4n) is 3.69. The van der Waals surface area contributed by atoms with Gasteiger partial charge in [-0.15, -0.1) is 24.8 Å². The zero-order chi connectivity index (χ0) is 17.5. The Bertz CT molecular complexity index is 530. The average molecular weight is 404 g/mol. The lowest BCUT2D eigenvalue weighted by atomic mass is 9.91. The maximum absolute atomic E-state index is 11.9. The molecule has 1 aromatic rings. The zero-order valence-corrected chi connectivity index (χ0v) is 17.9. The van der Waals surface area contributed by atoms with Gasteiger partial charge in [0.1, 0.15) is 0 Å². The molecule has 1 aliphatic heterocycles. The summed E-state index contributed by atoms with van der Waals surface area (Å²) in [4.78, 5) is 14.5. The van der Waals surface area contributed by atoms with E-state index in [4.69, 9.17) is 5.73 Å². The molecule has 1 aromatic carbocycles. The van der Waals surface area contributed by atoms with Crippen molar-refractivity contribution >= 4 is 30.7 Å². The second-order valence-corrected chi connectivity index (χ2v) is 7.70. The van der Waals surface area contributed by atoms with E-state index in [0.717, 1.165) is 24.8 Å². The molecule has 3 N–H and O–H groups in total. The highest BCUT2D eigenvalue weighted by molar-refractivity contribution is 5.85. The summed E-state index contributed by atoms with van der Waals surface area (Å²) in [6.07, 6.45) is 2.56. The Kier molecular flexibility index (Phi) is 12.2. The number of halogens is 2. The van der Waals surface area contributed by atoms with E-state index in [2.05, 4.69) is 48.3 Å². The molecule has 0 bridgehead atoms. The number of piperidine rings is 1. The molecule has 3 unspecified atom stereocenters. The van der Waals surface area contributed by atoms with Gasteiger partial charge >= 0.3 is 0 Å². The molecule has 3 atom stereocenters. The third-order valence-electron chi connectivity index (χ3n) is 4.76. The summed E-state index contributed by atoms with van der Waals surface area (Å²) in [6.45, 7) is 10.5. The minimum atomic E-state index is 0. The van der Waals surface area contributed by atoms with Crippen LogP contribution in [-0.4, -0.2) is 29.9 Å². The van der Waals surface area contributed by atoms with Crippen LogP contribution in [0.2, 0.25) is 0 Å². The number of carbonyl (C=O) groups excluding carboxylic acids is 1. The lowest BCUT2D eigenvalue weighted by Crippen LogP contribution is -2.38. The van der Waals surface area contributed by atoms with Crippen LogP contribution in [0.4, 0.5) is 0 Å². The Morgan fingerprint density at radius 2 is 1.77 bits per heavy atom. The van der Waals surface area contributed by atoms with Gasteiger partial charge in [0.2, 0.25) is 5.91 Å². The van der Waals surface area contributed by atoms with Gasteiger partial charge in [0, 0.05) is 38.6 Å². The molecule has 4 nitrogen and oxygen atoms in total. The van der Waals surface area contributed by atoms with Gasteiger partial charge in [-0.3, -0.25) is 9.69 Å². The molecule has 1 fully saturated rings. The highest BCUT2D eigenvalue weighted by Gasteiger charge is 2.22. The maximum atomic E-state index is 11.9. The molecular weight excluding hydrogens is 369 g/mol. The quantitative estimate of drug-likeness (QED) is 0.728. The largest absolute Gasteiger partial charge is 0.352 e. The Labute approximate surface area is 171 Å². The first-order valence-electron chi connectivity index (χ1n) is 9.25. The normalized spacial score (nSPS) is 21.2. The molecule has 1 aliphatic rings. The molecule has 26 heavy (non-hydrogen) atoms. The van der Waals surface area contributed by atoms with Gasteiger partial charge in [-0.2, -0.15) is 0 Å². The van der Waals surface area contributed by atoms with Gasteiger partial charge in [0.15, 0.2) is 0 Å². The topological polar surface area (TPSA) is 58.4 Å². The molecule has 0 saturated carbocycles. The number of benzene rings is 1. The Balaban J connectivity index is 0.00000312. The Morgan fingerprint density at radius 3 is 2.35 bits per heavy atom. The van der Waals surface area contributed by atoms with E-state index in [-0.39, 0.29) is 36.8 Å². The monoisotopic (exact) mass is 403 g/mol. The number of nitrogens with zero attached hydrogens (tertiary/aromatic N) is 1. The number of hydrogen-bond acceptors (Lipinski definition) is 3. The fourth-order valence-corrected chi connectivity index (χ4v) is 3.69. The first-order chi connectivity index (χ1) is 11.4. The molecule has 1 saturated heterocycles. The molecular formula is C20H35Cl2N3O. The summed E-state index contributed by atoms with van der Waals surface area (Å²) in [6, 6.07) is 8.53. The summed E-state index contributed by atoms with van der Waals surface area (Å²) in [5.41, 5.74) is 8.26. The summed E-state index contributed by atoms with van der Waals surface area (Å²) >= 11 is 0. The van der Waals surface area contributed by atoms with E-state index in [1.807, 2.05) is 6.92 Å². The predicted molar refractivity (Wildman–Crippen MR) is 114 cm³/mol. The van der Waals surface area contributed by atoms with E-state index < -0.39 is 0 Å². The average Bonchev–Trinajstić information content (AvgIpc) is 2.51. The molecule has 2 rings (SSSR count). The Hall–Kier alpha value is -0.810. The van der Waals surface area contributed by atoms with E-state index in [1.165, 1.54) is 30.6 Å². The van der Waals surface area contributed by atoms with Crippen LogP contribution in [0.15, 0.2) is 24.3 Å². The molecule has 0 aliphatic carbocycles. The molecule has 6 heteroatoms. The number of likely N-dealkylation sites (tertiary alicyclic amines) is 1. The number of hydrogen-bond donors (Lipinski definition) is 2. The summed E-state index contributed by atoms with van der Waals surface area (Å²) in [5.74, 6) is 1.61. The standard InChI is InChI=1S/C20H33N3O.2ClH/c1-15-10-16(2)13-23(12-15)14-19-7-5-4-6-18(19)11-22-20(24)9-8-17(3)21;;/h4-7,15-17H,8-14,21H2,1-3H3,(H,22,24);2*1H. The van der Waals surface area contributed by atoms with Crippen molar-refractivity contribution in [2.45, 2.75) is 59.2 Å². The first kappa shape index (κ1) is 25.2. The number of amides is 1. The summed E-state index contributed by atoms with van der Waals surface area (Å²) in [7, 11) is 0. The fraction of sp³-hybridized carbons (Fsp3) is 0.650. The Morgan fingerprint density at radius 1 is 1.19 bits per heavy atom. The third kappa shape index (κ3) is 8.72. The van der Waals surface area contributed by atoms with Gasteiger partial charge < -0.3 is 11.1 Å². The van der Waals surface area contributed by atoms with Crippen molar-refractivity contribution in [3.8, 4) is 0 Å². The van der Waals surface area contributed by atoms with E-state index in [1.54, 1.807) is 0 Å². The van der Waals surface area contributed by atoms with Crippen LogP contribution >= 0.6 is 24.8 Å². The maximum Gasteiger partial charge on any atom is 0.220 e. The third-order valence-corrected chi connectivity index (χ3v) is 4.76. The van der Waals surface area contributed by atoms with Gasteiger partial charge in [0.05, 0.1) is 0 Å². The van der Waals surface area contributed by atoms with Crippen molar-refractivity contribution in [1.82, 2.24) is 10.2 Å². The van der Waals surface area contributed by atoms with Crippen LogP contribution in [0.1, 0.15) is 51.2 Å². The predicted octanol–water partition coefficient (Wildman–Crippen LogP) is 3.75. The number of rotatable bonds is 7. The number of nitrogens with two attached hydrogens (primary N) is 1. The van der Waals surface area contributed by atoms with Crippen molar-refractivity contribution in [2.75, 3.05) is 13.1 Å². The number of carbonyl (C=O) groups is 1. The molecule has 1 heterocycles. The van der Waals surface area contributed by atoms with Crippen LogP contribution in [0.5, 0.6) is 0 Å². The van der Waals surface area contributed by atoms with Crippen LogP contribution in [0, 0.1) is 11.8 Å². The minimum absolute atomic E-state index is 0. The summed E-state index contributed by atoms with van der Waals surface area (Å²) < 4.78 is 0. The van der Waals surface area contributed by atoms with E-state index in [9.17, 15) is 4.79 Å². The lowest BCUT2D eigenvalue weighted by molar-refractivity contribution is -0.121. The van der Waals surface area contributed by atoms with E-state index >= 15 is 0 Å². The minimum Gasteiger partial charge on any atom is -0.352 e. The zero-order valence-electron chi connectivity index (χ0n) is 16.2. The highest BCUT2D eigenvalue weighted by atomic mass is 35.5.